The predicted octanol–water partition coefficient (Wildman–Crippen LogP) is 2.51. The van der Waals surface area contributed by atoms with Gasteiger partial charge < -0.3 is 5.32 Å². The summed E-state index contributed by atoms with van der Waals surface area (Å²) in [5, 5.41) is 4.33. The Morgan fingerprint density at radius 3 is 3.06 bits per heavy atom. The molecule has 2 rings (SSSR count). The topological polar surface area (TPSA) is 29.1 Å². The minimum atomic E-state index is -0.745. The van der Waals surface area contributed by atoms with Crippen molar-refractivity contribution in [2.24, 2.45) is 0 Å². The smallest absolute Gasteiger partial charge is 0.0514 e. The van der Waals surface area contributed by atoms with E-state index < -0.39 is 10.8 Å². The Hall–Kier alpha value is -0.380. The standard InChI is InChI=1S/C12H16ClNOS/c1-9-12(14-6-3-7-16(9)15)10-4-2-5-11(13)8-10/h2,4-5,8-9,12,14H,3,6-7H2,1H3. The second-order valence-electron chi connectivity index (χ2n) is 4.13. The van der Waals surface area contributed by atoms with Gasteiger partial charge in [0.2, 0.25) is 0 Å². The molecule has 1 saturated heterocycles. The number of halogens is 1. The van der Waals surface area contributed by atoms with E-state index in [-0.39, 0.29) is 11.3 Å². The summed E-state index contributed by atoms with van der Waals surface area (Å²) in [5.41, 5.74) is 1.13. The quantitative estimate of drug-likeness (QED) is 0.838. The lowest BCUT2D eigenvalue weighted by atomic mass is 10.0. The molecule has 0 saturated carbocycles. The van der Waals surface area contributed by atoms with Gasteiger partial charge in [-0.15, -0.1) is 0 Å². The van der Waals surface area contributed by atoms with Gasteiger partial charge in [0.1, 0.15) is 0 Å². The first-order valence-corrected chi connectivity index (χ1v) is 7.30. The van der Waals surface area contributed by atoms with E-state index in [0.717, 1.165) is 29.3 Å². The summed E-state index contributed by atoms with van der Waals surface area (Å²) in [7, 11) is -0.745. The number of rotatable bonds is 1. The second kappa shape index (κ2) is 5.30. The van der Waals surface area contributed by atoms with Crippen molar-refractivity contribution < 1.29 is 4.21 Å². The third-order valence-corrected chi connectivity index (χ3v) is 5.01. The lowest BCUT2D eigenvalue weighted by molar-refractivity contribution is 0.535. The third-order valence-electron chi connectivity index (χ3n) is 2.98. The van der Waals surface area contributed by atoms with Crippen LogP contribution in [0, 0.1) is 0 Å². The largest absolute Gasteiger partial charge is 0.309 e. The highest BCUT2D eigenvalue weighted by Crippen LogP contribution is 2.25. The molecule has 0 amide bonds. The molecular formula is C12H16ClNOS. The highest BCUT2D eigenvalue weighted by atomic mass is 35.5. The van der Waals surface area contributed by atoms with Crippen molar-refractivity contribution >= 4 is 22.4 Å². The first-order valence-electron chi connectivity index (χ1n) is 5.54. The highest BCUT2D eigenvalue weighted by molar-refractivity contribution is 7.85. The number of benzene rings is 1. The minimum absolute atomic E-state index is 0.140. The van der Waals surface area contributed by atoms with Crippen LogP contribution < -0.4 is 5.32 Å². The van der Waals surface area contributed by atoms with E-state index in [1.807, 2.05) is 31.2 Å². The molecule has 16 heavy (non-hydrogen) atoms. The normalized spacial score (nSPS) is 31.0. The van der Waals surface area contributed by atoms with E-state index in [4.69, 9.17) is 11.6 Å². The van der Waals surface area contributed by atoms with Gasteiger partial charge in [-0.25, -0.2) is 0 Å². The molecule has 0 radical (unpaired) electrons. The molecule has 0 aromatic heterocycles. The lowest BCUT2D eigenvalue weighted by Crippen LogP contribution is -2.30. The van der Waals surface area contributed by atoms with Crippen molar-refractivity contribution in [3.8, 4) is 0 Å². The molecule has 3 atom stereocenters. The molecule has 0 spiro atoms. The molecule has 88 valence electrons. The molecule has 0 aliphatic carbocycles. The Morgan fingerprint density at radius 1 is 1.50 bits per heavy atom. The molecule has 1 N–H and O–H groups in total. The van der Waals surface area contributed by atoms with Crippen molar-refractivity contribution in [2.45, 2.75) is 24.6 Å². The zero-order valence-corrected chi connectivity index (χ0v) is 10.9. The zero-order chi connectivity index (χ0) is 11.5. The Bertz CT molecular complexity index is 396. The Morgan fingerprint density at radius 2 is 2.31 bits per heavy atom. The minimum Gasteiger partial charge on any atom is -0.309 e. The lowest BCUT2D eigenvalue weighted by Gasteiger charge is -2.22. The van der Waals surface area contributed by atoms with Crippen molar-refractivity contribution in [3.63, 3.8) is 0 Å². The average Bonchev–Trinajstić information content (AvgIpc) is 2.42. The second-order valence-corrected chi connectivity index (χ2v) is 6.48. The van der Waals surface area contributed by atoms with Gasteiger partial charge in [0.05, 0.1) is 5.25 Å². The first-order chi connectivity index (χ1) is 7.68. The van der Waals surface area contributed by atoms with Crippen LogP contribution in [0.1, 0.15) is 24.9 Å². The van der Waals surface area contributed by atoms with E-state index in [1.54, 1.807) is 0 Å². The summed E-state index contributed by atoms with van der Waals surface area (Å²) < 4.78 is 11.9. The van der Waals surface area contributed by atoms with E-state index in [9.17, 15) is 4.21 Å². The molecule has 0 bridgehead atoms. The van der Waals surface area contributed by atoms with Gasteiger partial charge in [-0.1, -0.05) is 23.7 Å². The monoisotopic (exact) mass is 257 g/mol. The highest BCUT2D eigenvalue weighted by Gasteiger charge is 2.26. The van der Waals surface area contributed by atoms with Gasteiger partial charge in [0, 0.05) is 27.6 Å². The fourth-order valence-corrected chi connectivity index (χ4v) is 3.62. The summed E-state index contributed by atoms with van der Waals surface area (Å²) in [5.74, 6) is 0.797. The molecule has 1 aliphatic heterocycles. The maximum Gasteiger partial charge on any atom is 0.0514 e. The third kappa shape index (κ3) is 2.65. The van der Waals surface area contributed by atoms with Gasteiger partial charge in [-0.05, 0) is 37.6 Å². The number of nitrogens with one attached hydrogen (secondary N) is 1. The summed E-state index contributed by atoms with van der Waals surface area (Å²) in [6, 6.07) is 7.96. The van der Waals surface area contributed by atoms with Crippen LogP contribution in [0.3, 0.4) is 0 Å². The van der Waals surface area contributed by atoms with E-state index in [0.29, 0.717) is 0 Å². The molecule has 4 heteroatoms. The Balaban J connectivity index is 2.27. The fourth-order valence-electron chi connectivity index (χ4n) is 2.06. The summed E-state index contributed by atoms with van der Waals surface area (Å²) in [4.78, 5) is 0. The van der Waals surface area contributed by atoms with Crippen molar-refractivity contribution in [2.75, 3.05) is 12.3 Å². The van der Waals surface area contributed by atoms with Gasteiger partial charge in [0.15, 0.2) is 0 Å². The average molecular weight is 258 g/mol. The molecule has 1 fully saturated rings. The molecule has 3 unspecified atom stereocenters. The summed E-state index contributed by atoms with van der Waals surface area (Å²) in [6.07, 6.45) is 0.980. The summed E-state index contributed by atoms with van der Waals surface area (Å²) >= 11 is 5.99. The van der Waals surface area contributed by atoms with Gasteiger partial charge in [-0.2, -0.15) is 0 Å². The van der Waals surface area contributed by atoms with Crippen LogP contribution >= 0.6 is 11.6 Å². The Labute approximate surface area is 104 Å². The number of hydrogen-bond donors (Lipinski definition) is 1. The first kappa shape index (κ1) is 12.1. The Kier molecular flexibility index (Phi) is 4.00. The zero-order valence-electron chi connectivity index (χ0n) is 9.28. The molecule has 1 aromatic carbocycles. The van der Waals surface area contributed by atoms with Crippen LogP contribution in [0.2, 0.25) is 5.02 Å². The van der Waals surface area contributed by atoms with Crippen LogP contribution in [0.15, 0.2) is 24.3 Å². The van der Waals surface area contributed by atoms with Crippen LogP contribution in [0.25, 0.3) is 0 Å². The van der Waals surface area contributed by atoms with Gasteiger partial charge in [-0.3, -0.25) is 4.21 Å². The molecule has 2 nitrogen and oxygen atoms in total. The van der Waals surface area contributed by atoms with E-state index in [2.05, 4.69) is 5.32 Å². The molecular weight excluding hydrogens is 242 g/mol. The summed E-state index contributed by atoms with van der Waals surface area (Å²) in [6.45, 7) is 2.97. The molecule has 1 aromatic rings. The van der Waals surface area contributed by atoms with E-state index >= 15 is 0 Å². The fraction of sp³-hybridized carbons (Fsp3) is 0.500. The van der Waals surface area contributed by atoms with Crippen LogP contribution in [0.5, 0.6) is 0 Å². The van der Waals surface area contributed by atoms with Gasteiger partial charge >= 0.3 is 0 Å². The van der Waals surface area contributed by atoms with Crippen LogP contribution in [-0.4, -0.2) is 21.8 Å². The predicted molar refractivity (Wildman–Crippen MR) is 69.3 cm³/mol. The van der Waals surface area contributed by atoms with Gasteiger partial charge in [0.25, 0.3) is 0 Å². The molecule has 1 heterocycles. The van der Waals surface area contributed by atoms with Crippen molar-refractivity contribution in [1.29, 1.82) is 0 Å². The van der Waals surface area contributed by atoms with Crippen molar-refractivity contribution in [3.05, 3.63) is 34.9 Å². The maximum atomic E-state index is 11.9. The maximum absolute atomic E-state index is 11.9. The number of hydrogen-bond acceptors (Lipinski definition) is 2. The molecule has 1 aliphatic rings. The van der Waals surface area contributed by atoms with Crippen LogP contribution in [-0.2, 0) is 10.8 Å². The SMILES string of the molecule is CC1C(c2cccc(Cl)c2)NCCCS1=O. The van der Waals surface area contributed by atoms with Crippen molar-refractivity contribution in [1.82, 2.24) is 5.32 Å². The van der Waals surface area contributed by atoms with Crippen LogP contribution in [0.4, 0.5) is 0 Å². The van der Waals surface area contributed by atoms with E-state index in [1.165, 1.54) is 0 Å².